The number of nitrogens with zero attached hydrogens (tertiary/aromatic N) is 3. The van der Waals surface area contributed by atoms with Gasteiger partial charge in [0.2, 0.25) is 21.7 Å². The number of rotatable bonds is 10. The summed E-state index contributed by atoms with van der Waals surface area (Å²) in [5.74, 6) is 0.534. The first kappa shape index (κ1) is 23.1. The fourth-order valence-electron chi connectivity index (χ4n) is 2.69. The van der Waals surface area contributed by atoms with Crippen molar-refractivity contribution >= 4 is 22.1 Å². The normalized spacial score (nSPS) is 11.6. The van der Waals surface area contributed by atoms with Crippen molar-refractivity contribution in [2.45, 2.75) is 17.7 Å². The second-order valence-corrected chi connectivity index (χ2v) is 8.33. The smallest absolute Gasteiger partial charge is 0.330 e. The second kappa shape index (κ2) is 10.6. The first-order chi connectivity index (χ1) is 15.4. The molecule has 0 bridgehead atoms. The Balaban J connectivity index is 1.50. The van der Waals surface area contributed by atoms with Crippen molar-refractivity contribution < 1.29 is 27.2 Å². The van der Waals surface area contributed by atoms with Gasteiger partial charge in [-0.1, -0.05) is 11.2 Å². The molecule has 32 heavy (non-hydrogen) atoms. The summed E-state index contributed by atoms with van der Waals surface area (Å²) in [5.41, 5.74) is 1.26. The van der Waals surface area contributed by atoms with E-state index in [1.165, 1.54) is 38.4 Å². The molecule has 0 fully saturated rings. The van der Waals surface area contributed by atoms with Crippen molar-refractivity contribution in [3.63, 3.8) is 0 Å². The van der Waals surface area contributed by atoms with Crippen LogP contribution in [0.3, 0.4) is 0 Å². The number of carbonyl (C=O) groups excluding carboxylic acids is 1. The van der Waals surface area contributed by atoms with Gasteiger partial charge in [-0.25, -0.2) is 17.9 Å². The zero-order valence-corrected chi connectivity index (χ0v) is 18.3. The third kappa shape index (κ3) is 5.99. The number of nitrogens with one attached hydrogen (secondary N) is 1. The molecule has 0 aliphatic rings. The van der Waals surface area contributed by atoms with Gasteiger partial charge in [0.15, 0.2) is 0 Å². The number of hydrogen-bond donors (Lipinski definition) is 1. The van der Waals surface area contributed by atoms with Gasteiger partial charge in [0.25, 0.3) is 0 Å². The van der Waals surface area contributed by atoms with E-state index in [0.29, 0.717) is 30.1 Å². The Morgan fingerprint density at radius 2 is 2.12 bits per heavy atom. The van der Waals surface area contributed by atoms with E-state index in [1.807, 2.05) is 6.07 Å². The SMILES string of the molecule is CNS(=O)(=O)c1cc(/C=C/C(=O)OCCCc2nc(-c3cccnc3)no2)ccc1OC. The summed E-state index contributed by atoms with van der Waals surface area (Å²) in [7, 11) is -1.02. The Hall–Kier alpha value is -3.57. The molecule has 0 aliphatic heterocycles. The Kier molecular flexibility index (Phi) is 7.68. The molecule has 11 heteroatoms. The van der Waals surface area contributed by atoms with Gasteiger partial charge in [0.05, 0.1) is 13.7 Å². The molecule has 3 aromatic rings. The van der Waals surface area contributed by atoms with Crippen molar-refractivity contribution in [3.8, 4) is 17.1 Å². The van der Waals surface area contributed by atoms with Crippen LogP contribution < -0.4 is 9.46 Å². The molecule has 3 rings (SSSR count). The number of methoxy groups -OCH3 is 1. The summed E-state index contributed by atoms with van der Waals surface area (Å²) >= 11 is 0. The zero-order valence-electron chi connectivity index (χ0n) is 17.5. The molecule has 2 aromatic heterocycles. The monoisotopic (exact) mass is 458 g/mol. The molecule has 0 atom stereocenters. The Morgan fingerprint density at radius 1 is 1.28 bits per heavy atom. The number of benzene rings is 1. The lowest BCUT2D eigenvalue weighted by Gasteiger charge is -2.09. The van der Waals surface area contributed by atoms with Crippen molar-refractivity contribution in [3.05, 3.63) is 60.3 Å². The summed E-state index contributed by atoms with van der Waals surface area (Å²) in [6, 6.07) is 8.16. The number of ether oxygens (including phenoxy) is 2. The first-order valence-electron chi connectivity index (χ1n) is 9.62. The average molecular weight is 458 g/mol. The van der Waals surface area contributed by atoms with Gasteiger partial charge in [-0.05, 0) is 49.4 Å². The van der Waals surface area contributed by atoms with Crippen LogP contribution >= 0.6 is 0 Å². The number of carbonyl (C=O) groups is 1. The molecule has 10 nitrogen and oxygen atoms in total. The van der Waals surface area contributed by atoms with Crippen LogP contribution in [0.15, 0.2) is 58.2 Å². The molecule has 0 amide bonds. The summed E-state index contributed by atoms with van der Waals surface area (Å²) < 4.78 is 41.9. The second-order valence-electron chi connectivity index (χ2n) is 6.48. The average Bonchev–Trinajstić information content (AvgIpc) is 3.30. The van der Waals surface area contributed by atoms with Crippen LogP contribution in [0.4, 0.5) is 0 Å². The Labute approximate surface area is 185 Å². The lowest BCUT2D eigenvalue weighted by atomic mass is 10.2. The molecular formula is C21H22N4O6S. The lowest BCUT2D eigenvalue weighted by molar-refractivity contribution is -0.137. The molecule has 0 unspecified atom stereocenters. The standard InChI is InChI=1S/C21H22N4O6S/c1-22-32(27,28)18-13-15(7-9-17(18)29-2)8-10-20(26)30-12-4-6-19-24-21(25-31-19)16-5-3-11-23-14-16/h3,5,7-11,13-14,22H,4,6,12H2,1-2H3/b10-8+. The molecule has 0 aliphatic carbocycles. The van der Waals surface area contributed by atoms with E-state index in [0.717, 1.165) is 5.56 Å². The number of aryl methyl sites for hydroxylation is 1. The van der Waals surface area contributed by atoms with Gasteiger partial charge < -0.3 is 14.0 Å². The molecular weight excluding hydrogens is 436 g/mol. The molecule has 168 valence electrons. The van der Waals surface area contributed by atoms with Crippen molar-refractivity contribution in [2.24, 2.45) is 0 Å². The van der Waals surface area contributed by atoms with E-state index in [9.17, 15) is 13.2 Å². The lowest BCUT2D eigenvalue weighted by Crippen LogP contribution is -2.19. The first-order valence-corrected chi connectivity index (χ1v) is 11.1. The van der Waals surface area contributed by atoms with Gasteiger partial charge in [0.1, 0.15) is 10.6 Å². The minimum atomic E-state index is -3.71. The number of esters is 1. The maximum absolute atomic E-state index is 12.1. The fraction of sp³-hybridized carbons (Fsp3) is 0.238. The van der Waals surface area contributed by atoms with Crippen molar-refractivity contribution in [1.82, 2.24) is 19.8 Å². The molecule has 1 N–H and O–H groups in total. The van der Waals surface area contributed by atoms with Crippen LogP contribution in [0.5, 0.6) is 5.75 Å². The highest BCUT2D eigenvalue weighted by Gasteiger charge is 2.17. The Bertz CT molecular complexity index is 1190. The maximum atomic E-state index is 12.1. The highest BCUT2D eigenvalue weighted by atomic mass is 32.2. The minimum Gasteiger partial charge on any atom is -0.495 e. The van der Waals surface area contributed by atoms with Crippen LogP contribution in [-0.4, -0.2) is 50.3 Å². The van der Waals surface area contributed by atoms with Crippen LogP contribution in [-0.2, 0) is 26.0 Å². The van der Waals surface area contributed by atoms with Gasteiger partial charge in [0, 0.05) is 30.5 Å². The van der Waals surface area contributed by atoms with Crippen LogP contribution in [0.25, 0.3) is 17.5 Å². The van der Waals surface area contributed by atoms with Gasteiger partial charge in [-0.3, -0.25) is 4.98 Å². The summed E-state index contributed by atoms with van der Waals surface area (Å²) in [4.78, 5) is 20.2. The van der Waals surface area contributed by atoms with Gasteiger partial charge in [-0.15, -0.1) is 0 Å². The fourth-order valence-corrected chi connectivity index (χ4v) is 3.62. The number of pyridine rings is 1. The summed E-state index contributed by atoms with van der Waals surface area (Å²) in [6.45, 7) is 0.162. The topological polar surface area (TPSA) is 134 Å². The predicted molar refractivity (Wildman–Crippen MR) is 115 cm³/mol. The summed E-state index contributed by atoms with van der Waals surface area (Å²) in [5, 5.41) is 3.90. The largest absolute Gasteiger partial charge is 0.495 e. The summed E-state index contributed by atoms with van der Waals surface area (Å²) in [6.07, 6.45) is 6.95. The number of aromatic nitrogens is 3. The maximum Gasteiger partial charge on any atom is 0.330 e. The highest BCUT2D eigenvalue weighted by Crippen LogP contribution is 2.25. The van der Waals surface area contributed by atoms with Crippen LogP contribution in [0.2, 0.25) is 0 Å². The van der Waals surface area contributed by atoms with E-state index in [-0.39, 0.29) is 17.3 Å². The molecule has 0 spiro atoms. The number of sulfonamides is 1. The van der Waals surface area contributed by atoms with E-state index in [4.69, 9.17) is 14.0 Å². The van der Waals surface area contributed by atoms with E-state index >= 15 is 0 Å². The van der Waals surface area contributed by atoms with Gasteiger partial charge >= 0.3 is 5.97 Å². The van der Waals surface area contributed by atoms with E-state index in [2.05, 4.69) is 19.8 Å². The van der Waals surface area contributed by atoms with Crippen LogP contribution in [0, 0.1) is 0 Å². The van der Waals surface area contributed by atoms with Crippen LogP contribution in [0.1, 0.15) is 17.9 Å². The van der Waals surface area contributed by atoms with E-state index in [1.54, 1.807) is 24.5 Å². The van der Waals surface area contributed by atoms with E-state index < -0.39 is 16.0 Å². The Morgan fingerprint density at radius 3 is 2.84 bits per heavy atom. The van der Waals surface area contributed by atoms with Crippen molar-refractivity contribution in [2.75, 3.05) is 20.8 Å². The molecule has 0 saturated heterocycles. The third-order valence-electron chi connectivity index (χ3n) is 4.32. The minimum absolute atomic E-state index is 0.0248. The molecule has 0 radical (unpaired) electrons. The highest BCUT2D eigenvalue weighted by molar-refractivity contribution is 7.89. The van der Waals surface area contributed by atoms with Crippen molar-refractivity contribution in [1.29, 1.82) is 0 Å². The quantitative estimate of drug-likeness (QED) is 0.276. The molecule has 0 saturated carbocycles. The third-order valence-corrected chi connectivity index (χ3v) is 5.76. The zero-order chi connectivity index (χ0) is 23.0. The molecule has 1 aromatic carbocycles. The van der Waals surface area contributed by atoms with Gasteiger partial charge in [-0.2, -0.15) is 4.98 Å². The molecule has 2 heterocycles. The predicted octanol–water partition coefficient (Wildman–Crippen LogP) is 2.24. The number of hydrogen-bond acceptors (Lipinski definition) is 9.